The molecule has 2 aromatic carbocycles. The van der Waals surface area contributed by atoms with Crippen LogP contribution in [-0.2, 0) is 5.54 Å². The summed E-state index contributed by atoms with van der Waals surface area (Å²) in [5.74, 6) is -0.229. The van der Waals surface area contributed by atoms with Crippen LogP contribution in [0.5, 0.6) is 6.01 Å². The minimum atomic E-state index is -4.57. The second-order valence-electron chi connectivity index (χ2n) is 9.91. The van der Waals surface area contributed by atoms with E-state index in [4.69, 9.17) is 27.8 Å². The zero-order chi connectivity index (χ0) is 30.3. The lowest BCUT2D eigenvalue weighted by Gasteiger charge is -2.19. The molecule has 1 aromatic heterocycles. The summed E-state index contributed by atoms with van der Waals surface area (Å²) in [6.45, 7) is 0.796. The van der Waals surface area contributed by atoms with E-state index >= 15 is 0 Å². The van der Waals surface area contributed by atoms with E-state index in [2.05, 4.69) is 35.9 Å². The van der Waals surface area contributed by atoms with Gasteiger partial charge in [-0.15, -0.1) is 0 Å². The molecular weight excluding hydrogens is 575 g/mol. The van der Waals surface area contributed by atoms with Gasteiger partial charge in [-0.3, -0.25) is 9.79 Å². The van der Waals surface area contributed by atoms with Crippen LogP contribution < -0.4 is 32.2 Å². The predicted octanol–water partition coefficient (Wildman–Crippen LogP) is 4.48. The summed E-state index contributed by atoms with van der Waals surface area (Å²) in [6.07, 6.45) is -1.65. The fourth-order valence-corrected chi connectivity index (χ4v) is 4.22. The van der Waals surface area contributed by atoms with Gasteiger partial charge in [-0.2, -0.15) is 28.1 Å². The summed E-state index contributed by atoms with van der Waals surface area (Å²) in [4.78, 5) is 28.9. The molecule has 0 aliphatic heterocycles. The molecule has 1 heterocycles. The van der Waals surface area contributed by atoms with Crippen molar-refractivity contribution in [3.05, 3.63) is 64.7 Å². The zero-order valence-electron chi connectivity index (χ0n) is 22.7. The standard InChI is InChI=1S/C27H31ClF3N9O2/c1-16(3-2-14-34-22(32)33)35-21(41)17-4-10-20(11-5-17)36-23-37-24(39-25(38-23)42-15-27(29,30)31)40-26(12-13-26)18-6-8-19(28)9-7-18/h4-11,16H,2-3,12-15H2,1H3,(H,35,41)(H4,32,33,34)(H2,36,37,38,39,40)/t16-/m1/s1. The number of carbonyl (C=O) groups is 1. The number of nitrogens with one attached hydrogen (secondary N) is 3. The molecule has 0 spiro atoms. The first-order chi connectivity index (χ1) is 19.9. The topological polar surface area (TPSA) is 165 Å². The molecule has 0 radical (unpaired) electrons. The molecule has 1 atom stereocenters. The summed E-state index contributed by atoms with van der Waals surface area (Å²) in [5, 5.41) is 9.65. The summed E-state index contributed by atoms with van der Waals surface area (Å²) in [6, 6.07) is 13.1. The molecule has 3 aromatic rings. The molecule has 0 unspecified atom stereocenters. The largest absolute Gasteiger partial charge is 0.454 e. The molecule has 7 N–H and O–H groups in total. The lowest BCUT2D eigenvalue weighted by atomic mass is 10.1. The van der Waals surface area contributed by atoms with Gasteiger partial charge in [0.2, 0.25) is 11.9 Å². The number of nitrogens with zero attached hydrogens (tertiary/aromatic N) is 4. The second kappa shape index (κ2) is 13.1. The first-order valence-corrected chi connectivity index (χ1v) is 13.5. The monoisotopic (exact) mass is 605 g/mol. The number of hydrogen-bond acceptors (Lipinski definition) is 8. The average Bonchev–Trinajstić information content (AvgIpc) is 3.70. The van der Waals surface area contributed by atoms with Crippen molar-refractivity contribution < 1.29 is 22.7 Å². The first kappa shape index (κ1) is 30.6. The maximum Gasteiger partial charge on any atom is 0.422 e. The average molecular weight is 606 g/mol. The summed E-state index contributed by atoms with van der Waals surface area (Å²) in [5.41, 5.74) is 12.0. The number of benzene rings is 2. The number of hydrogen-bond donors (Lipinski definition) is 5. The molecule has 224 valence electrons. The van der Waals surface area contributed by atoms with Crippen LogP contribution in [0.4, 0.5) is 30.8 Å². The minimum Gasteiger partial charge on any atom is -0.454 e. The third-order valence-corrected chi connectivity index (χ3v) is 6.60. The highest BCUT2D eigenvalue weighted by Gasteiger charge is 2.45. The number of anilines is 3. The quantitative estimate of drug-likeness (QED) is 0.107. The van der Waals surface area contributed by atoms with Crippen LogP contribution in [0.25, 0.3) is 0 Å². The van der Waals surface area contributed by atoms with E-state index in [0.717, 1.165) is 18.4 Å². The van der Waals surface area contributed by atoms with E-state index in [1.165, 1.54) is 0 Å². The van der Waals surface area contributed by atoms with Gasteiger partial charge in [0.15, 0.2) is 12.6 Å². The number of carbonyl (C=O) groups excluding carboxylic acids is 1. The summed E-state index contributed by atoms with van der Waals surface area (Å²) < 4.78 is 43.3. The predicted molar refractivity (Wildman–Crippen MR) is 154 cm³/mol. The highest BCUT2D eigenvalue weighted by Crippen LogP contribution is 2.48. The fraction of sp³-hybridized carbons (Fsp3) is 0.370. The number of amides is 1. The van der Waals surface area contributed by atoms with E-state index in [1.807, 2.05) is 19.1 Å². The summed E-state index contributed by atoms with van der Waals surface area (Å²) in [7, 11) is 0. The Labute approximate surface area is 245 Å². The van der Waals surface area contributed by atoms with E-state index < -0.39 is 24.3 Å². The lowest BCUT2D eigenvalue weighted by molar-refractivity contribution is -0.154. The third kappa shape index (κ3) is 9.09. The van der Waals surface area contributed by atoms with Crippen molar-refractivity contribution in [2.24, 2.45) is 16.5 Å². The Hall–Kier alpha value is -4.33. The summed E-state index contributed by atoms with van der Waals surface area (Å²) >= 11 is 6.01. The van der Waals surface area contributed by atoms with Crippen LogP contribution in [0.3, 0.4) is 0 Å². The van der Waals surface area contributed by atoms with Crippen LogP contribution in [-0.4, -0.2) is 52.2 Å². The molecule has 1 fully saturated rings. The molecule has 1 saturated carbocycles. The highest BCUT2D eigenvalue weighted by molar-refractivity contribution is 6.30. The Bertz CT molecular complexity index is 1400. The van der Waals surface area contributed by atoms with Gasteiger partial charge in [-0.25, -0.2) is 0 Å². The maximum atomic E-state index is 12.8. The molecule has 1 amide bonds. The SMILES string of the molecule is C[C@H](CCCN=C(N)N)NC(=O)c1ccc(Nc2nc(NC3(c4ccc(Cl)cc4)CC3)nc(OCC(F)(F)F)n2)cc1. The van der Waals surface area contributed by atoms with E-state index in [-0.39, 0.29) is 29.8 Å². The molecule has 0 bridgehead atoms. The van der Waals surface area contributed by atoms with Gasteiger partial charge in [-0.05, 0) is 74.6 Å². The molecule has 15 heteroatoms. The Morgan fingerprint density at radius 1 is 1.07 bits per heavy atom. The zero-order valence-corrected chi connectivity index (χ0v) is 23.5. The van der Waals surface area contributed by atoms with Gasteiger partial charge in [0.1, 0.15) is 0 Å². The number of nitrogens with two attached hydrogens (primary N) is 2. The maximum absolute atomic E-state index is 12.8. The van der Waals surface area contributed by atoms with Crippen molar-refractivity contribution in [3.8, 4) is 6.01 Å². The lowest BCUT2D eigenvalue weighted by Crippen LogP contribution is -2.32. The van der Waals surface area contributed by atoms with Crippen LogP contribution in [0.2, 0.25) is 5.02 Å². The van der Waals surface area contributed by atoms with Crippen molar-refractivity contribution in [1.82, 2.24) is 20.3 Å². The number of halogens is 4. The van der Waals surface area contributed by atoms with Crippen molar-refractivity contribution in [2.45, 2.75) is 50.4 Å². The number of guanidine groups is 1. The number of rotatable bonds is 13. The molecular formula is C27H31ClF3N9O2. The van der Waals surface area contributed by atoms with Gasteiger partial charge in [0.25, 0.3) is 5.91 Å². The van der Waals surface area contributed by atoms with Crippen molar-refractivity contribution in [2.75, 3.05) is 23.8 Å². The second-order valence-corrected chi connectivity index (χ2v) is 10.3. The van der Waals surface area contributed by atoms with E-state index in [9.17, 15) is 18.0 Å². The molecule has 1 aliphatic rings. The Balaban J connectivity index is 1.44. The van der Waals surface area contributed by atoms with Gasteiger partial charge in [0, 0.05) is 28.9 Å². The normalized spacial score (nSPS) is 14.4. The fourth-order valence-electron chi connectivity index (χ4n) is 4.09. The number of aliphatic imine (C=N–C) groups is 1. The van der Waals surface area contributed by atoms with Gasteiger partial charge >= 0.3 is 12.2 Å². The van der Waals surface area contributed by atoms with Crippen LogP contribution in [0.1, 0.15) is 48.5 Å². The molecule has 0 saturated heterocycles. The van der Waals surface area contributed by atoms with E-state index in [1.54, 1.807) is 36.4 Å². The smallest absolute Gasteiger partial charge is 0.422 e. The van der Waals surface area contributed by atoms with Crippen molar-refractivity contribution >= 4 is 41.1 Å². The number of ether oxygens (including phenoxy) is 1. The molecule has 1 aliphatic carbocycles. The minimum absolute atomic E-state index is 0.0277. The number of alkyl halides is 3. The molecule has 4 rings (SSSR count). The number of aromatic nitrogens is 3. The first-order valence-electron chi connectivity index (χ1n) is 13.1. The molecule has 11 nitrogen and oxygen atoms in total. The van der Waals surface area contributed by atoms with Gasteiger partial charge in [-0.1, -0.05) is 23.7 Å². The van der Waals surface area contributed by atoms with Gasteiger partial charge in [0.05, 0.1) is 5.54 Å². The van der Waals surface area contributed by atoms with Gasteiger partial charge < -0.3 is 32.2 Å². The highest BCUT2D eigenvalue weighted by atomic mass is 35.5. The van der Waals surface area contributed by atoms with Crippen molar-refractivity contribution in [3.63, 3.8) is 0 Å². The van der Waals surface area contributed by atoms with E-state index in [0.29, 0.717) is 35.7 Å². The third-order valence-electron chi connectivity index (χ3n) is 6.35. The Morgan fingerprint density at radius 2 is 1.74 bits per heavy atom. The van der Waals surface area contributed by atoms with Crippen LogP contribution in [0, 0.1) is 0 Å². The Kier molecular flexibility index (Phi) is 9.55. The van der Waals surface area contributed by atoms with Crippen LogP contribution >= 0.6 is 11.6 Å². The Morgan fingerprint density at radius 3 is 2.36 bits per heavy atom. The van der Waals surface area contributed by atoms with Crippen molar-refractivity contribution in [1.29, 1.82) is 0 Å². The van der Waals surface area contributed by atoms with Crippen LogP contribution in [0.15, 0.2) is 53.5 Å². The molecule has 42 heavy (non-hydrogen) atoms.